The lowest BCUT2D eigenvalue weighted by atomic mass is 9.74. The van der Waals surface area contributed by atoms with E-state index in [0.29, 0.717) is 18.2 Å². The van der Waals surface area contributed by atoms with Crippen molar-refractivity contribution in [3.05, 3.63) is 57.8 Å². The minimum atomic E-state index is 0.000301. The second kappa shape index (κ2) is 6.58. The first-order chi connectivity index (χ1) is 12.1. The molecule has 4 heteroatoms. The van der Waals surface area contributed by atoms with E-state index in [1.807, 2.05) is 18.4 Å². The summed E-state index contributed by atoms with van der Waals surface area (Å²) in [5.74, 6) is 0.633. The van der Waals surface area contributed by atoms with Crippen LogP contribution in [0.1, 0.15) is 40.5 Å². The number of amides is 1. The van der Waals surface area contributed by atoms with E-state index in [2.05, 4.69) is 59.2 Å². The molecular weight excluding hydrogens is 328 g/mol. The van der Waals surface area contributed by atoms with E-state index in [4.69, 9.17) is 0 Å². The molecule has 132 valence electrons. The number of hydrogen-bond acceptors (Lipinski definition) is 3. The number of likely N-dealkylation sites (tertiary alicyclic amines) is 2. The summed E-state index contributed by atoms with van der Waals surface area (Å²) in [5, 5.41) is 0. The number of carbonyl (C=O) groups is 1. The van der Waals surface area contributed by atoms with Crippen molar-refractivity contribution in [3.63, 3.8) is 0 Å². The number of hydrogen-bond donors (Lipinski definition) is 0. The van der Waals surface area contributed by atoms with Crippen LogP contribution >= 0.6 is 11.3 Å². The minimum absolute atomic E-state index is 0.000301. The lowest BCUT2D eigenvalue weighted by Crippen LogP contribution is -2.53. The number of benzene rings is 1. The second-order valence-corrected chi connectivity index (χ2v) is 8.88. The molecule has 1 amide bonds. The topological polar surface area (TPSA) is 23.6 Å². The van der Waals surface area contributed by atoms with E-state index in [1.165, 1.54) is 15.3 Å². The minimum Gasteiger partial charge on any atom is -0.339 e. The third-order valence-corrected chi connectivity index (χ3v) is 7.15. The summed E-state index contributed by atoms with van der Waals surface area (Å²) in [6, 6.07) is 15.1. The van der Waals surface area contributed by atoms with Crippen LogP contribution in [-0.2, 0) is 11.3 Å². The van der Waals surface area contributed by atoms with Gasteiger partial charge in [-0.25, -0.2) is 0 Å². The van der Waals surface area contributed by atoms with Gasteiger partial charge < -0.3 is 4.90 Å². The van der Waals surface area contributed by atoms with E-state index in [0.717, 1.165) is 32.5 Å². The van der Waals surface area contributed by atoms with Gasteiger partial charge in [0.1, 0.15) is 0 Å². The van der Waals surface area contributed by atoms with E-state index in [-0.39, 0.29) is 5.54 Å². The first-order valence-corrected chi connectivity index (χ1v) is 9.99. The summed E-state index contributed by atoms with van der Waals surface area (Å²) in [7, 11) is 2.02. The van der Waals surface area contributed by atoms with Gasteiger partial charge in [-0.1, -0.05) is 30.3 Å². The van der Waals surface area contributed by atoms with E-state index in [9.17, 15) is 4.79 Å². The highest BCUT2D eigenvalue weighted by atomic mass is 32.1. The van der Waals surface area contributed by atoms with Gasteiger partial charge in [-0.15, -0.1) is 11.3 Å². The van der Waals surface area contributed by atoms with Gasteiger partial charge in [-0.05, 0) is 37.5 Å². The van der Waals surface area contributed by atoms with Crippen molar-refractivity contribution in [3.8, 4) is 0 Å². The number of aryl methyl sites for hydroxylation is 1. The van der Waals surface area contributed by atoms with Gasteiger partial charge in [0, 0.05) is 48.8 Å². The Bertz CT molecular complexity index is 746. The summed E-state index contributed by atoms with van der Waals surface area (Å²) < 4.78 is 0. The Hall–Kier alpha value is -1.65. The summed E-state index contributed by atoms with van der Waals surface area (Å²) in [4.78, 5) is 20.0. The monoisotopic (exact) mass is 354 g/mol. The Morgan fingerprint density at radius 3 is 2.48 bits per heavy atom. The molecule has 2 fully saturated rings. The number of nitrogens with zero attached hydrogens (tertiary/aromatic N) is 2. The third-order valence-electron chi connectivity index (χ3n) is 6.17. The average Bonchev–Trinajstić information content (AvgIpc) is 3.14. The van der Waals surface area contributed by atoms with E-state index in [1.54, 1.807) is 0 Å². The number of rotatable bonds is 3. The summed E-state index contributed by atoms with van der Waals surface area (Å²) in [6.07, 6.45) is 2.79. The molecule has 2 aromatic rings. The predicted octanol–water partition coefficient (Wildman–Crippen LogP) is 4.04. The fourth-order valence-corrected chi connectivity index (χ4v) is 5.60. The van der Waals surface area contributed by atoms with Crippen molar-refractivity contribution in [2.24, 2.45) is 0 Å². The Morgan fingerprint density at radius 2 is 1.84 bits per heavy atom. The van der Waals surface area contributed by atoms with Crippen molar-refractivity contribution in [2.75, 3.05) is 20.1 Å². The molecule has 0 N–H and O–H groups in total. The molecule has 1 atom stereocenters. The summed E-state index contributed by atoms with van der Waals surface area (Å²) in [6.45, 7) is 5.35. The average molecular weight is 355 g/mol. The van der Waals surface area contributed by atoms with E-state index < -0.39 is 0 Å². The fourth-order valence-electron chi connectivity index (χ4n) is 4.67. The van der Waals surface area contributed by atoms with Crippen molar-refractivity contribution in [2.45, 2.75) is 44.2 Å². The molecule has 0 saturated carbocycles. The van der Waals surface area contributed by atoms with Crippen molar-refractivity contribution < 1.29 is 4.79 Å². The number of thiophene rings is 1. The van der Waals surface area contributed by atoms with Crippen LogP contribution in [0.25, 0.3) is 0 Å². The largest absolute Gasteiger partial charge is 0.339 e. The molecule has 0 unspecified atom stereocenters. The van der Waals surface area contributed by atoms with Crippen LogP contribution in [0.4, 0.5) is 0 Å². The number of likely N-dealkylation sites (N-methyl/N-ethyl adjacent to an activating group) is 1. The maximum absolute atomic E-state index is 12.5. The summed E-state index contributed by atoms with van der Waals surface area (Å²) in [5.41, 5.74) is 1.32. The van der Waals surface area contributed by atoms with Crippen LogP contribution in [0.3, 0.4) is 0 Å². The van der Waals surface area contributed by atoms with Crippen LogP contribution in [0.5, 0.6) is 0 Å². The van der Waals surface area contributed by atoms with Gasteiger partial charge in [-0.2, -0.15) is 0 Å². The van der Waals surface area contributed by atoms with Gasteiger partial charge in [0.15, 0.2) is 0 Å². The molecule has 1 aromatic carbocycles. The molecule has 0 bridgehead atoms. The highest BCUT2D eigenvalue weighted by Gasteiger charge is 2.52. The quantitative estimate of drug-likeness (QED) is 0.831. The van der Waals surface area contributed by atoms with Gasteiger partial charge >= 0.3 is 0 Å². The molecule has 4 rings (SSSR count). The van der Waals surface area contributed by atoms with E-state index >= 15 is 0 Å². The molecule has 3 nitrogen and oxygen atoms in total. The highest BCUT2D eigenvalue weighted by molar-refractivity contribution is 7.11. The third kappa shape index (κ3) is 3.02. The van der Waals surface area contributed by atoms with Crippen molar-refractivity contribution in [1.82, 2.24) is 9.80 Å². The SMILES string of the molecule is Cc1ccc(CN2CCC3(CC2)[C@@H](c2ccccc2)CC(=O)N3C)s1. The van der Waals surface area contributed by atoms with Crippen LogP contribution in [0, 0.1) is 6.92 Å². The molecule has 2 aliphatic rings. The maximum Gasteiger partial charge on any atom is 0.223 e. The molecule has 0 radical (unpaired) electrons. The normalized spacial score (nSPS) is 23.5. The van der Waals surface area contributed by atoms with Crippen LogP contribution < -0.4 is 0 Å². The molecule has 1 aromatic heterocycles. The van der Waals surface area contributed by atoms with Crippen molar-refractivity contribution >= 4 is 17.2 Å². The zero-order valence-corrected chi connectivity index (χ0v) is 15.9. The van der Waals surface area contributed by atoms with Gasteiger partial charge in [0.25, 0.3) is 0 Å². The molecule has 3 heterocycles. The lowest BCUT2D eigenvalue weighted by molar-refractivity contribution is -0.130. The standard InChI is InChI=1S/C21H26N2OS/c1-16-8-9-18(25-16)15-23-12-10-21(11-13-23)19(14-20(24)22(21)2)17-6-4-3-5-7-17/h3-9,19H,10-15H2,1-2H3/t19-/m1/s1. The predicted molar refractivity (Wildman–Crippen MR) is 103 cm³/mol. The zero-order valence-electron chi connectivity index (χ0n) is 15.1. The maximum atomic E-state index is 12.5. The highest BCUT2D eigenvalue weighted by Crippen LogP contribution is 2.48. The Morgan fingerprint density at radius 1 is 1.12 bits per heavy atom. The Labute approximate surface area is 154 Å². The first-order valence-electron chi connectivity index (χ1n) is 9.18. The van der Waals surface area contributed by atoms with Crippen molar-refractivity contribution in [1.29, 1.82) is 0 Å². The Kier molecular flexibility index (Phi) is 4.42. The first kappa shape index (κ1) is 16.8. The van der Waals surface area contributed by atoms with Gasteiger partial charge in [0.2, 0.25) is 5.91 Å². The second-order valence-electron chi connectivity index (χ2n) is 7.51. The van der Waals surface area contributed by atoms with Crippen LogP contribution in [0.2, 0.25) is 0 Å². The van der Waals surface area contributed by atoms with Gasteiger partial charge in [-0.3, -0.25) is 9.69 Å². The lowest BCUT2D eigenvalue weighted by Gasteiger charge is -2.46. The fraction of sp³-hybridized carbons (Fsp3) is 0.476. The zero-order chi connectivity index (χ0) is 17.4. The van der Waals surface area contributed by atoms with Gasteiger partial charge in [0.05, 0.1) is 5.54 Å². The van der Waals surface area contributed by atoms with Crippen LogP contribution in [0.15, 0.2) is 42.5 Å². The molecule has 25 heavy (non-hydrogen) atoms. The number of piperidine rings is 1. The molecule has 2 saturated heterocycles. The molecule has 2 aliphatic heterocycles. The molecule has 0 aliphatic carbocycles. The molecular formula is C21H26N2OS. The molecule has 1 spiro atoms. The van der Waals surface area contributed by atoms with Crippen LogP contribution in [-0.4, -0.2) is 41.4 Å². The summed E-state index contributed by atoms with van der Waals surface area (Å²) >= 11 is 1.90. The number of carbonyl (C=O) groups excluding carboxylic acids is 1. The Balaban J connectivity index is 1.51. The smallest absolute Gasteiger partial charge is 0.223 e.